The second-order valence-electron chi connectivity index (χ2n) is 8.10. The summed E-state index contributed by atoms with van der Waals surface area (Å²) in [7, 11) is 0. The van der Waals surface area contributed by atoms with Crippen molar-refractivity contribution in [2.45, 2.75) is 44.9 Å². The van der Waals surface area contributed by atoms with Gasteiger partial charge in [0, 0.05) is 32.6 Å². The van der Waals surface area contributed by atoms with Crippen LogP contribution in [0.2, 0.25) is 0 Å². The SMILES string of the molecule is N#CC(=C(O)CCC1CCCCC1)c1nc2ccccc2nc1N1CCNCC1. The van der Waals surface area contributed by atoms with E-state index in [0.29, 0.717) is 23.9 Å². The highest BCUT2D eigenvalue weighted by molar-refractivity contribution is 5.87. The van der Waals surface area contributed by atoms with Crippen molar-refractivity contribution in [2.24, 2.45) is 5.92 Å². The van der Waals surface area contributed by atoms with Gasteiger partial charge in [0.05, 0.1) is 11.0 Å². The molecule has 0 radical (unpaired) electrons. The summed E-state index contributed by atoms with van der Waals surface area (Å²) in [6.07, 6.45) is 7.81. The number of piperazine rings is 1. The van der Waals surface area contributed by atoms with Crippen molar-refractivity contribution in [1.29, 1.82) is 5.26 Å². The van der Waals surface area contributed by atoms with Crippen molar-refractivity contribution < 1.29 is 5.11 Å². The zero-order valence-electron chi connectivity index (χ0n) is 16.9. The highest BCUT2D eigenvalue weighted by atomic mass is 16.3. The van der Waals surface area contributed by atoms with Crippen LogP contribution in [0.5, 0.6) is 0 Å². The van der Waals surface area contributed by atoms with E-state index in [4.69, 9.17) is 9.97 Å². The van der Waals surface area contributed by atoms with E-state index in [0.717, 1.165) is 43.6 Å². The number of allylic oxidation sites excluding steroid dienone is 2. The Morgan fingerprint density at radius 1 is 1.10 bits per heavy atom. The first kappa shape index (κ1) is 19.7. The molecule has 1 saturated carbocycles. The number of anilines is 1. The highest BCUT2D eigenvalue weighted by Crippen LogP contribution is 2.32. The number of rotatable bonds is 5. The lowest BCUT2D eigenvalue weighted by Gasteiger charge is -2.29. The van der Waals surface area contributed by atoms with Gasteiger partial charge in [0.15, 0.2) is 5.82 Å². The van der Waals surface area contributed by atoms with Gasteiger partial charge in [-0.15, -0.1) is 0 Å². The van der Waals surface area contributed by atoms with Crippen molar-refractivity contribution in [2.75, 3.05) is 31.1 Å². The van der Waals surface area contributed by atoms with Crippen LogP contribution in [-0.2, 0) is 0 Å². The van der Waals surface area contributed by atoms with Gasteiger partial charge in [-0.05, 0) is 24.5 Å². The molecule has 4 rings (SSSR count). The van der Waals surface area contributed by atoms with Crippen LogP contribution in [0.4, 0.5) is 5.82 Å². The highest BCUT2D eigenvalue weighted by Gasteiger charge is 2.23. The van der Waals surface area contributed by atoms with E-state index >= 15 is 0 Å². The minimum absolute atomic E-state index is 0.152. The molecule has 6 nitrogen and oxygen atoms in total. The van der Waals surface area contributed by atoms with E-state index in [1.165, 1.54) is 32.1 Å². The number of aliphatic hydroxyl groups is 1. The third-order valence-electron chi connectivity index (χ3n) is 6.12. The van der Waals surface area contributed by atoms with Gasteiger partial charge in [0.25, 0.3) is 0 Å². The molecule has 0 spiro atoms. The molecule has 0 bridgehead atoms. The molecule has 1 aromatic carbocycles. The topological polar surface area (TPSA) is 85.1 Å². The van der Waals surface area contributed by atoms with Crippen LogP contribution in [0, 0.1) is 17.2 Å². The number of aliphatic hydroxyl groups excluding tert-OH is 1. The fourth-order valence-corrected chi connectivity index (χ4v) is 4.45. The fraction of sp³-hybridized carbons (Fsp3) is 0.522. The molecule has 2 fully saturated rings. The van der Waals surface area contributed by atoms with Crippen LogP contribution in [0.25, 0.3) is 16.6 Å². The van der Waals surface area contributed by atoms with Crippen LogP contribution in [0.15, 0.2) is 30.0 Å². The van der Waals surface area contributed by atoms with E-state index in [2.05, 4.69) is 16.3 Å². The molecule has 0 atom stereocenters. The van der Waals surface area contributed by atoms with Crippen LogP contribution in [0.3, 0.4) is 0 Å². The molecule has 2 aromatic rings. The Kier molecular flexibility index (Phi) is 6.26. The molecule has 2 heterocycles. The standard InChI is InChI=1S/C23H29N5O/c24-16-18(21(29)11-10-17-6-2-1-3-7-17)22-23(28-14-12-25-13-15-28)27-20-9-5-4-8-19(20)26-22/h4-5,8-9,17,25,29H,1-3,6-7,10-15H2. The number of aromatic nitrogens is 2. The molecule has 0 unspecified atom stereocenters. The molecule has 1 aromatic heterocycles. The van der Waals surface area contributed by atoms with Gasteiger partial charge in [-0.1, -0.05) is 44.2 Å². The predicted octanol–water partition coefficient (Wildman–Crippen LogP) is 4.19. The summed E-state index contributed by atoms with van der Waals surface area (Å²) in [4.78, 5) is 11.8. The van der Waals surface area contributed by atoms with E-state index in [-0.39, 0.29) is 11.3 Å². The normalized spacial score (nSPS) is 19.1. The summed E-state index contributed by atoms with van der Waals surface area (Å²) >= 11 is 0. The number of nitriles is 1. The molecule has 29 heavy (non-hydrogen) atoms. The second-order valence-corrected chi connectivity index (χ2v) is 8.10. The Morgan fingerprint density at radius 3 is 2.48 bits per heavy atom. The number of benzene rings is 1. The third-order valence-corrected chi connectivity index (χ3v) is 6.12. The van der Waals surface area contributed by atoms with E-state index in [9.17, 15) is 10.4 Å². The van der Waals surface area contributed by atoms with E-state index < -0.39 is 0 Å². The molecule has 2 aliphatic rings. The average molecular weight is 392 g/mol. The summed E-state index contributed by atoms with van der Waals surface area (Å²) in [5, 5.41) is 24.1. The lowest BCUT2D eigenvalue weighted by molar-refractivity contribution is 0.311. The number of hydrogen-bond acceptors (Lipinski definition) is 6. The molecular weight excluding hydrogens is 362 g/mol. The second kappa shape index (κ2) is 9.23. The Bertz CT molecular complexity index is 921. The third kappa shape index (κ3) is 4.51. The lowest BCUT2D eigenvalue weighted by Crippen LogP contribution is -2.44. The van der Waals surface area contributed by atoms with Crippen molar-refractivity contribution >= 4 is 22.4 Å². The molecule has 6 heteroatoms. The number of para-hydroxylation sites is 2. The summed E-state index contributed by atoms with van der Waals surface area (Å²) in [6, 6.07) is 9.95. The van der Waals surface area contributed by atoms with Gasteiger partial charge in [-0.3, -0.25) is 0 Å². The van der Waals surface area contributed by atoms with Gasteiger partial charge in [0.1, 0.15) is 23.1 Å². The maximum atomic E-state index is 10.8. The van der Waals surface area contributed by atoms with Gasteiger partial charge in [-0.25, -0.2) is 9.97 Å². The largest absolute Gasteiger partial charge is 0.511 e. The number of fused-ring (bicyclic) bond motifs is 1. The zero-order valence-corrected chi connectivity index (χ0v) is 16.9. The summed E-state index contributed by atoms with van der Waals surface area (Å²) in [6.45, 7) is 3.35. The number of hydrogen-bond donors (Lipinski definition) is 2. The van der Waals surface area contributed by atoms with Gasteiger partial charge in [0.2, 0.25) is 0 Å². The fourth-order valence-electron chi connectivity index (χ4n) is 4.45. The molecular formula is C23H29N5O. The van der Waals surface area contributed by atoms with Crippen molar-refractivity contribution in [3.8, 4) is 6.07 Å². The maximum absolute atomic E-state index is 10.8. The van der Waals surface area contributed by atoms with Crippen molar-refractivity contribution in [1.82, 2.24) is 15.3 Å². The van der Waals surface area contributed by atoms with Crippen LogP contribution < -0.4 is 10.2 Å². The van der Waals surface area contributed by atoms with E-state index in [1.807, 2.05) is 24.3 Å². The Morgan fingerprint density at radius 2 is 1.79 bits per heavy atom. The molecule has 1 aliphatic carbocycles. The summed E-state index contributed by atoms with van der Waals surface area (Å²) in [5.41, 5.74) is 2.33. The Labute approximate surface area is 172 Å². The number of nitrogens with one attached hydrogen (secondary N) is 1. The van der Waals surface area contributed by atoms with Crippen LogP contribution in [0.1, 0.15) is 50.6 Å². The van der Waals surface area contributed by atoms with Crippen molar-refractivity contribution in [3.05, 3.63) is 35.7 Å². The number of nitrogens with zero attached hydrogens (tertiary/aromatic N) is 4. The Hall–Kier alpha value is -2.65. The molecule has 1 saturated heterocycles. The van der Waals surface area contributed by atoms with Gasteiger partial charge < -0.3 is 15.3 Å². The summed E-state index contributed by atoms with van der Waals surface area (Å²) < 4.78 is 0. The quantitative estimate of drug-likeness (QED) is 0.587. The first-order valence-corrected chi connectivity index (χ1v) is 10.8. The first-order valence-electron chi connectivity index (χ1n) is 10.8. The summed E-state index contributed by atoms with van der Waals surface area (Å²) in [5.74, 6) is 1.51. The lowest BCUT2D eigenvalue weighted by atomic mass is 9.85. The van der Waals surface area contributed by atoms with Crippen LogP contribution in [-0.4, -0.2) is 41.3 Å². The Balaban J connectivity index is 1.69. The zero-order chi connectivity index (χ0) is 20.1. The van der Waals surface area contributed by atoms with Crippen molar-refractivity contribution in [3.63, 3.8) is 0 Å². The van der Waals surface area contributed by atoms with Gasteiger partial charge in [-0.2, -0.15) is 5.26 Å². The smallest absolute Gasteiger partial charge is 0.156 e. The predicted molar refractivity (Wildman–Crippen MR) is 116 cm³/mol. The minimum Gasteiger partial charge on any atom is -0.511 e. The molecule has 1 aliphatic heterocycles. The molecule has 152 valence electrons. The van der Waals surface area contributed by atoms with Crippen LogP contribution >= 0.6 is 0 Å². The maximum Gasteiger partial charge on any atom is 0.156 e. The molecule has 2 N–H and O–H groups in total. The monoisotopic (exact) mass is 391 g/mol. The first-order chi connectivity index (χ1) is 14.3. The molecule has 0 amide bonds. The van der Waals surface area contributed by atoms with E-state index in [1.54, 1.807) is 0 Å². The average Bonchev–Trinajstić information content (AvgIpc) is 2.79. The van der Waals surface area contributed by atoms with Gasteiger partial charge >= 0.3 is 0 Å². The minimum atomic E-state index is 0.152.